The maximum Gasteiger partial charge on any atom is 0.326 e. The van der Waals surface area contributed by atoms with E-state index in [2.05, 4.69) is 16.0 Å². The third-order valence-corrected chi connectivity index (χ3v) is 3.95. The zero-order chi connectivity index (χ0) is 23.3. The topological polar surface area (TPSA) is 260 Å². The smallest absolute Gasteiger partial charge is 0.326 e. The first-order valence-corrected chi connectivity index (χ1v) is 9.16. The fraction of sp³-hybridized carbons (Fsp3) is 0.688. The van der Waals surface area contributed by atoms with Crippen molar-refractivity contribution in [3.05, 3.63) is 0 Å². The number of aliphatic carboxylic acids is 1. The number of primary amides is 1. The summed E-state index contributed by atoms with van der Waals surface area (Å²) < 4.78 is 0. The molecule has 0 heterocycles. The van der Waals surface area contributed by atoms with Crippen molar-refractivity contribution >= 4 is 29.6 Å². The molecule has 0 bridgehead atoms. The van der Waals surface area contributed by atoms with Crippen LogP contribution in [0.4, 0.5) is 0 Å². The molecule has 4 atom stereocenters. The first-order valence-electron chi connectivity index (χ1n) is 9.16. The molecule has 14 heteroatoms. The van der Waals surface area contributed by atoms with Gasteiger partial charge in [0.2, 0.25) is 23.6 Å². The van der Waals surface area contributed by atoms with Crippen LogP contribution >= 0.6 is 0 Å². The highest BCUT2D eigenvalue weighted by Gasteiger charge is 2.30. The van der Waals surface area contributed by atoms with Gasteiger partial charge in [0, 0.05) is 0 Å². The number of unbranched alkanes of at least 4 members (excludes halogenated alkanes) is 1. The maximum atomic E-state index is 12.4. The quantitative estimate of drug-likeness (QED) is 0.111. The first kappa shape index (κ1) is 27.2. The molecule has 0 spiro atoms. The minimum atomic E-state index is -1.56. The Morgan fingerprint density at radius 2 is 1.33 bits per heavy atom. The van der Waals surface area contributed by atoms with Crippen LogP contribution in [0.15, 0.2) is 0 Å². The number of aliphatic hydroxyl groups excluding tert-OH is 2. The van der Waals surface area contributed by atoms with E-state index in [9.17, 15) is 34.2 Å². The van der Waals surface area contributed by atoms with Crippen LogP contribution in [0.5, 0.6) is 0 Å². The normalized spacial score (nSPS) is 14.7. The van der Waals surface area contributed by atoms with Gasteiger partial charge in [-0.1, -0.05) is 0 Å². The van der Waals surface area contributed by atoms with E-state index in [0.717, 1.165) is 0 Å². The molecular formula is C16H30N6O8. The molecule has 0 aliphatic heterocycles. The van der Waals surface area contributed by atoms with E-state index >= 15 is 0 Å². The summed E-state index contributed by atoms with van der Waals surface area (Å²) in [6.07, 6.45) is 0.419. The number of carbonyl (C=O) groups is 5. The van der Waals surface area contributed by atoms with Crippen LogP contribution in [0.3, 0.4) is 0 Å². The lowest BCUT2D eigenvalue weighted by atomic mass is 10.1. The number of aliphatic hydroxyl groups is 2. The molecule has 4 amide bonds. The standard InChI is InChI=1S/C16H30N6O8/c17-4-2-1-3-9(16(29)30)20-15(28)11(7-24)22-14(27)10(5-12(19)25)21-13(26)8(18)6-23/h8-11,23-24H,1-7,17-18H2,(H2,19,25)(H,20,28)(H,21,26)(H,22,27)(H,29,30). The van der Waals surface area contributed by atoms with Gasteiger partial charge in [0.05, 0.1) is 19.6 Å². The van der Waals surface area contributed by atoms with Gasteiger partial charge in [-0.2, -0.15) is 0 Å². The molecule has 30 heavy (non-hydrogen) atoms. The van der Waals surface area contributed by atoms with Crippen LogP contribution in [0.1, 0.15) is 25.7 Å². The van der Waals surface area contributed by atoms with Crippen molar-refractivity contribution < 1.29 is 39.3 Å². The van der Waals surface area contributed by atoms with E-state index in [1.54, 1.807) is 0 Å². The lowest BCUT2D eigenvalue weighted by Gasteiger charge is -2.23. The van der Waals surface area contributed by atoms with Crippen LogP contribution in [0, 0.1) is 0 Å². The summed E-state index contributed by atoms with van der Waals surface area (Å²) >= 11 is 0. The summed E-state index contributed by atoms with van der Waals surface area (Å²) in [4.78, 5) is 58.9. The molecule has 0 aromatic heterocycles. The van der Waals surface area contributed by atoms with Crippen molar-refractivity contribution in [1.29, 1.82) is 0 Å². The van der Waals surface area contributed by atoms with E-state index < -0.39 is 73.4 Å². The molecule has 4 unspecified atom stereocenters. The average molecular weight is 434 g/mol. The Morgan fingerprint density at radius 1 is 0.800 bits per heavy atom. The second-order valence-corrected chi connectivity index (χ2v) is 6.45. The molecule has 0 saturated carbocycles. The van der Waals surface area contributed by atoms with Crippen molar-refractivity contribution in [3.8, 4) is 0 Å². The highest BCUT2D eigenvalue weighted by Crippen LogP contribution is 2.02. The predicted octanol–water partition coefficient (Wildman–Crippen LogP) is -5.16. The zero-order valence-corrected chi connectivity index (χ0v) is 16.4. The Morgan fingerprint density at radius 3 is 1.80 bits per heavy atom. The van der Waals surface area contributed by atoms with Gasteiger partial charge >= 0.3 is 5.97 Å². The maximum absolute atomic E-state index is 12.4. The number of hydrogen-bond acceptors (Lipinski definition) is 9. The SMILES string of the molecule is NCCCCC(NC(=O)C(CO)NC(=O)C(CC(N)=O)NC(=O)C(N)CO)C(=O)O. The number of rotatable bonds is 15. The van der Waals surface area contributed by atoms with Gasteiger partial charge in [0.15, 0.2) is 0 Å². The summed E-state index contributed by atoms with van der Waals surface area (Å²) in [5.74, 6) is -5.24. The van der Waals surface area contributed by atoms with Gasteiger partial charge in [-0.3, -0.25) is 19.2 Å². The van der Waals surface area contributed by atoms with Crippen LogP contribution in [-0.2, 0) is 24.0 Å². The Kier molecular flexibility index (Phi) is 12.9. The predicted molar refractivity (Wildman–Crippen MR) is 102 cm³/mol. The Bertz CT molecular complexity index is 617. The van der Waals surface area contributed by atoms with Crippen molar-refractivity contribution in [2.75, 3.05) is 19.8 Å². The lowest BCUT2D eigenvalue weighted by molar-refractivity contribution is -0.143. The molecule has 0 rings (SSSR count). The number of amides is 4. The summed E-state index contributed by atoms with van der Waals surface area (Å²) in [5.41, 5.74) is 15.7. The number of nitrogens with one attached hydrogen (secondary N) is 3. The van der Waals surface area contributed by atoms with Gasteiger partial charge in [0.1, 0.15) is 24.2 Å². The number of nitrogens with two attached hydrogens (primary N) is 3. The number of hydrogen-bond donors (Lipinski definition) is 9. The molecule has 14 nitrogen and oxygen atoms in total. The van der Waals surface area contributed by atoms with E-state index in [4.69, 9.17) is 22.3 Å². The first-order chi connectivity index (χ1) is 14.1. The average Bonchev–Trinajstić information content (AvgIpc) is 2.69. The fourth-order valence-electron chi connectivity index (χ4n) is 2.26. The van der Waals surface area contributed by atoms with Crippen LogP contribution in [0.25, 0.3) is 0 Å². The summed E-state index contributed by atoms with van der Waals surface area (Å²) in [5, 5.41) is 33.9. The summed E-state index contributed by atoms with van der Waals surface area (Å²) in [6.45, 7) is -1.26. The minimum Gasteiger partial charge on any atom is -0.480 e. The van der Waals surface area contributed by atoms with Crippen molar-refractivity contribution in [2.24, 2.45) is 17.2 Å². The Hall–Kier alpha value is -2.81. The number of carboxylic acid groups (broad SMARTS) is 1. The van der Waals surface area contributed by atoms with Gasteiger partial charge in [-0.25, -0.2) is 4.79 Å². The Labute approximate surface area is 172 Å². The van der Waals surface area contributed by atoms with E-state index in [0.29, 0.717) is 19.4 Å². The molecule has 172 valence electrons. The highest BCUT2D eigenvalue weighted by atomic mass is 16.4. The zero-order valence-electron chi connectivity index (χ0n) is 16.4. The van der Waals surface area contributed by atoms with Crippen LogP contribution < -0.4 is 33.2 Å². The van der Waals surface area contributed by atoms with E-state index in [1.165, 1.54) is 0 Å². The molecule has 12 N–H and O–H groups in total. The van der Waals surface area contributed by atoms with Crippen molar-refractivity contribution in [1.82, 2.24) is 16.0 Å². The van der Waals surface area contributed by atoms with Gasteiger partial charge in [0.25, 0.3) is 0 Å². The van der Waals surface area contributed by atoms with Crippen molar-refractivity contribution in [2.45, 2.75) is 49.9 Å². The summed E-state index contributed by atoms with van der Waals surface area (Å²) in [6, 6.07) is -5.73. The third kappa shape index (κ3) is 10.1. The van der Waals surface area contributed by atoms with Crippen LogP contribution in [0.2, 0.25) is 0 Å². The van der Waals surface area contributed by atoms with Gasteiger partial charge in [-0.05, 0) is 25.8 Å². The van der Waals surface area contributed by atoms with Gasteiger partial charge in [-0.15, -0.1) is 0 Å². The lowest BCUT2D eigenvalue weighted by Crippen LogP contribution is -2.58. The van der Waals surface area contributed by atoms with E-state index in [1.807, 2.05) is 0 Å². The summed E-state index contributed by atoms with van der Waals surface area (Å²) in [7, 11) is 0. The molecule has 0 aliphatic carbocycles. The van der Waals surface area contributed by atoms with Crippen LogP contribution in [-0.4, -0.2) is 88.8 Å². The molecule has 0 fully saturated rings. The van der Waals surface area contributed by atoms with Gasteiger partial charge < -0.3 is 48.5 Å². The minimum absolute atomic E-state index is 0.0871. The monoisotopic (exact) mass is 434 g/mol. The largest absolute Gasteiger partial charge is 0.480 e. The molecule has 0 radical (unpaired) electrons. The van der Waals surface area contributed by atoms with E-state index in [-0.39, 0.29) is 6.42 Å². The molecule has 0 saturated heterocycles. The third-order valence-electron chi connectivity index (χ3n) is 3.95. The molecular weight excluding hydrogens is 404 g/mol. The number of carboxylic acids is 1. The molecule has 0 aromatic rings. The van der Waals surface area contributed by atoms with Crippen molar-refractivity contribution in [3.63, 3.8) is 0 Å². The Balaban J connectivity index is 5.14. The fourth-order valence-corrected chi connectivity index (χ4v) is 2.26. The molecule has 0 aliphatic rings. The molecule has 0 aromatic carbocycles. The second kappa shape index (κ2) is 14.2. The highest BCUT2D eigenvalue weighted by molar-refractivity contribution is 5.96. The number of carbonyl (C=O) groups excluding carboxylic acids is 4. The second-order valence-electron chi connectivity index (χ2n) is 6.45.